The second-order valence-corrected chi connectivity index (χ2v) is 5.53. The van der Waals surface area contributed by atoms with E-state index in [1.807, 2.05) is 0 Å². The first-order chi connectivity index (χ1) is 9.63. The third kappa shape index (κ3) is 2.94. The van der Waals surface area contributed by atoms with Crippen LogP contribution in [0.25, 0.3) is 0 Å². The molecule has 0 bridgehead atoms. The van der Waals surface area contributed by atoms with Crippen molar-refractivity contribution in [2.24, 2.45) is 5.73 Å². The highest BCUT2D eigenvalue weighted by atomic mass is 16.3. The Kier molecular flexibility index (Phi) is 4.95. The fourth-order valence-corrected chi connectivity index (χ4v) is 2.92. The number of amides is 3. The molecule has 1 spiro atoms. The van der Waals surface area contributed by atoms with Gasteiger partial charge in [-0.15, -0.1) is 0 Å². The first-order valence-electron chi connectivity index (χ1n) is 7.30. The number of imide groups is 1. The largest absolute Gasteiger partial charge is 0.396 e. The highest BCUT2D eigenvalue weighted by Crippen LogP contribution is 2.29. The summed E-state index contributed by atoms with van der Waals surface area (Å²) in [6.45, 7) is 3.44. The third-order valence-corrected chi connectivity index (χ3v) is 4.17. The Morgan fingerprint density at radius 1 is 1.20 bits per heavy atom. The van der Waals surface area contributed by atoms with Gasteiger partial charge in [0, 0.05) is 32.8 Å². The Hall–Kier alpha value is -1.18. The minimum absolute atomic E-state index is 0.0993. The van der Waals surface area contributed by atoms with Crippen LogP contribution in [-0.2, 0) is 4.79 Å². The molecule has 0 atom stereocenters. The van der Waals surface area contributed by atoms with E-state index >= 15 is 0 Å². The maximum Gasteiger partial charge on any atom is 0.325 e. The second kappa shape index (κ2) is 6.51. The quantitative estimate of drug-likeness (QED) is 0.549. The lowest BCUT2D eigenvalue weighted by atomic mass is 9.87. The number of carbonyl (C=O) groups excluding carboxylic acids is 2. The van der Waals surface area contributed by atoms with Gasteiger partial charge in [0.1, 0.15) is 5.54 Å². The highest BCUT2D eigenvalue weighted by molar-refractivity contribution is 6.07. The number of piperidine rings is 1. The second-order valence-electron chi connectivity index (χ2n) is 5.53. The summed E-state index contributed by atoms with van der Waals surface area (Å²) < 4.78 is 0. The lowest BCUT2D eigenvalue weighted by Gasteiger charge is -2.37. The van der Waals surface area contributed by atoms with Crippen molar-refractivity contribution in [2.75, 3.05) is 39.3 Å². The lowest BCUT2D eigenvalue weighted by molar-refractivity contribution is -0.133. The summed E-state index contributed by atoms with van der Waals surface area (Å²) in [6, 6.07) is -0.285. The lowest BCUT2D eigenvalue weighted by Crippen LogP contribution is -2.55. The van der Waals surface area contributed by atoms with Crippen LogP contribution in [0.5, 0.6) is 0 Å². The SMILES string of the molecule is NCCCN1C(=O)NC2(CCN(CCCO)CC2)C1=O. The van der Waals surface area contributed by atoms with Crippen molar-refractivity contribution in [2.45, 2.75) is 31.2 Å². The third-order valence-electron chi connectivity index (χ3n) is 4.17. The summed E-state index contributed by atoms with van der Waals surface area (Å²) >= 11 is 0. The molecule has 0 aromatic rings. The average molecular weight is 284 g/mol. The van der Waals surface area contributed by atoms with Gasteiger partial charge in [0.15, 0.2) is 0 Å². The highest BCUT2D eigenvalue weighted by Gasteiger charge is 2.51. The Bertz CT molecular complexity index is 367. The van der Waals surface area contributed by atoms with E-state index in [1.165, 1.54) is 4.90 Å². The van der Waals surface area contributed by atoms with Crippen LogP contribution < -0.4 is 11.1 Å². The number of nitrogens with one attached hydrogen (secondary N) is 1. The molecule has 2 aliphatic rings. The number of nitrogens with two attached hydrogens (primary N) is 1. The van der Waals surface area contributed by atoms with Crippen molar-refractivity contribution in [3.05, 3.63) is 0 Å². The monoisotopic (exact) mass is 284 g/mol. The first-order valence-corrected chi connectivity index (χ1v) is 7.30. The molecule has 114 valence electrons. The van der Waals surface area contributed by atoms with E-state index < -0.39 is 5.54 Å². The molecule has 0 aromatic carbocycles. The molecule has 4 N–H and O–H groups in total. The molecule has 2 fully saturated rings. The van der Waals surface area contributed by atoms with Crippen molar-refractivity contribution in [1.29, 1.82) is 0 Å². The van der Waals surface area contributed by atoms with Crippen LogP contribution in [-0.4, -0.2) is 71.7 Å². The number of nitrogens with zero attached hydrogens (tertiary/aromatic N) is 2. The van der Waals surface area contributed by atoms with E-state index in [0.717, 1.165) is 26.1 Å². The Morgan fingerprint density at radius 2 is 1.90 bits per heavy atom. The van der Waals surface area contributed by atoms with E-state index in [0.29, 0.717) is 32.4 Å². The molecule has 0 radical (unpaired) electrons. The van der Waals surface area contributed by atoms with Crippen LogP contribution in [0.2, 0.25) is 0 Å². The molecule has 2 aliphatic heterocycles. The molecule has 3 amide bonds. The average Bonchev–Trinajstić information content (AvgIpc) is 2.68. The minimum atomic E-state index is -0.707. The van der Waals surface area contributed by atoms with Crippen LogP contribution in [0.3, 0.4) is 0 Å². The number of rotatable bonds is 6. The van der Waals surface area contributed by atoms with Crippen LogP contribution in [0, 0.1) is 0 Å². The van der Waals surface area contributed by atoms with Gasteiger partial charge in [0.2, 0.25) is 0 Å². The zero-order valence-electron chi connectivity index (χ0n) is 11.8. The molecule has 0 unspecified atom stereocenters. The van der Waals surface area contributed by atoms with Gasteiger partial charge in [-0.2, -0.15) is 0 Å². The van der Waals surface area contributed by atoms with Gasteiger partial charge < -0.3 is 21.1 Å². The fraction of sp³-hybridized carbons (Fsp3) is 0.846. The number of urea groups is 1. The Morgan fingerprint density at radius 3 is 2.50 bits per heavy atom. The molecule has 0 aromatic heterocycles. The number of hydrogen-bond acceptors (Lipinski definition) is 5. The number of likely N-dealkylation sites (tertiary alicyclic amines) is 1. The van der Waals surface area contributed by atoms with Crippen molar-refractivity contribution in [3.8, 4) is 0 Å². The Balaban J connectivity index is 1.93. The molecule has 2 saturated heterocycles. The van der Waals surface area contributed by atoms with Crippen LogP contribution in [0.4, 0.5) is 4.79 Å². The molecular formula is C13H24N4O3. The van der Waals surface area contributed by atoms with Crippen molar-refractivity contribution >= 4 is 11.9 Å². The maximum absolute atomic E-state index is 12.5. The van der Waals surface area contributed by atoms with Gasteiger partial charge in [-0.25, -0.2) is 4.79 Å². The van der Waals surface area contributed by atoms with Gasteiger partial charge >= 0.3 is 6.03 Å². The number of hydrogen-bond donors (Lipinski definition) is 3. The predicted octanol–water partition coefficient (Wildman–Crippen LogP) is -0.896. The molecule has 7 heteroatoms. The van der Waals surface area contributed by atoms with Gasteiger partial charge in [-0.1, -0.05) is 0 Å². The summed E-state index contributed by atoms with van der Waals surface area (Å²) in [4.78, 5) is 27.9. The molecule has 7 nitrogen and oxygen atoms in total. The normalized spacial score (nSPS) is 22.6. The minimum Gasteiger partial charge on any atom is -0.396 e. The van der Waals surface area contributed by atoms with Crippen LogP contribution in [0.1, 0.15) is 25.7 Å². The molecule has 2 rings (SSSR count). The summed E-state index contributed by atoms with van der Waals surface area (Å²) in [5.41, 5.74) is 4.73. The van der Waals surface area contributed by atoms with Crippen molar-refractivity contribution in [1.82, 2.24) is 15.1 Å². The van der Waals surface area contributed by atoms with E-state index in [4.69, 9.17) is 10.8 Å². The molecule has 20 heavy (non-hydrogen) atoms. The number of aliphatic hydroxyl groups excluding tert-OH is 1. The van der Waals surface area contributed by atoms with Gasteiger partial charge in [-0.3, -0.25) is 9.69 Å². The van der Waals surface area contributed by atoms with Crippen molar-refractivity contribution < 1.29 is 14.7 Å². The van der Waals surface area contributed by atoms with Crippen molar-refractivity contribution in [3.63, 3.8) is 0 Å². The van der Waals surface area contributed by atoms with Gasteiger partial charge in [0.25, 0.3) is 5.91 Å². The first kappa shape index (κ1) is 15.2. The van der Waals surface area contributed by atoms with E-state index in [-0.39, 0.29) is 18.5 Å². The summed E-state index contributed by atoms with van der Waals surface area (Å²) in [7, 11) is 0. The molecule has 0 saturated carbocycles. The topological polar surface area (TPSA) is 98.9 Å². The van der Waals surface area contributed by atoms with Gasteiger partial charge in [-0.05, 0) is 32.2 Å². The zero-order valence-corrected chi connectivity index (χ0v) is 11.8. The summed E-state index contributed by atoms with van der Waals surface area (Å²) in [6.07, 6.45) is 2.66. The van der Waals surface area contributed by atoms with Crippen LogP contribution >= 0.6 is 0 Å². The summed E-state index contributed by atoms with van der Waals surface area (Å²) in [5.74, 6) is -0.0993. The smallest absolute Gasteiger partial charge is 0.325 e. The summed E-state index contributed by atoms with van der Waals surface area (Å²) in [5, 5.41) is 11.7. The Labute approximate surface area is 119 Å². The standard InChI is InChI=1S/C13H24N4O3/c14-5-1-7-17-11(19)13(15-12(17)20)3-8-16(9-4-13)6-2-10-18/h18H,1-10,14H2,(H,15,20). The molecular weight excluding hydrogens is 260 g/mol. The predicted molar refractivity (Wildman–Crippen MR) is 74.0 cm³/mol. The molecule has 0 aliphatic carbocycles. The fourth-order valence-electron chi connectivity index (χ4n) is 2.92. The number of carbonyl (C=O) groups is 2. The van der Waals surface area contributed by atoms with E-state index in [9.17, 15) is 9.59 Å². The maximum atomic E-state index is 12.5. The van der Waals surface area contributed by atoms with Gasteiger partial charge in [0.05, 0.1) is 0 Å². The number of aliphatic hydroxyl groups is 1. The van der Waals surface area contributed by atoms with E-state index in [1.54, 1.807) is 0 Å². The van der Waals surface area contributed by atoms with E-state index in [2.05, 4.69) is 10.2 Å². The zero-order chi connectivity index (χ0) is 14.6. The van der Waals surface area contributed by atoms with Crippen LogP contribution in [0.15, 0.2) is 0 Å². The molecule has 2 heterocycles.